The van der Waals surface area contributed by atoms with Gasteiger partial charge in [-0.2, -0.15) is 8.78 Å². The molecule has 4 rings (SSSR count). The van der Waals surface area contributed by atoms with Crippen molar-refractivity contribution in [2.75, 3.05) is 6.26 Å². The van der Waals surface area contributed by atoms with Gasteiger partial charge in [0.25, 0.3) is 0 Å². The number of aromatic nitrogens is 1. The lowest BCUT2D eigenvalue weighted by Crippen LogP contribution is -2.39. The molecule has 2 N–H and O–H groups in total. The number of allylic oxidation sites excluding steroid dienone is 1. The van der Waals surface area contributed by atoms with Crippen LogP contribution >= 0.6 is 35.3 Å². The van der Waals surface area contributed by atoms with Crippen LogP contribution in [0.2, 0.25) is 0 Å². The standard InChI is InChI=1S/C39H43BrF2NO4PS/c1-36(2,3)33-27(15-20-32(34(33)37(4,5)6)39(41,42)48(45,46)47)23-38(29-16-18-31(49-7)19-17-29,21-11-14-26-12-9-8-10-13-26)35(44)28-22-30(40)25-43-24-28/h8-20,22,24-25H,21,23H2,1-7H3,(H2,45,46,47)/b14-11+. The van der Waals surface area contributed by atoms with Gasteiger partial charge in [-0.3, -0.25) is 14.3 Å². The molecule has 1 unspecified atom stereocenters. The third-order valence-electron chi connectivity index (χ3n) is 8.59. The van der Waals surface area contributed by atoms with Gasteiger partial charge in [-0.05, 0) is 91.9 Å². The summed E-state index contributed by atoms with van der Waals surface area (Å²) in [6.07, 6.45) is 9.43. The Labute approximate surface area is 301 Å². The molecule has 10 heteroatoms. The number of rotatable bonds is 11. The highest BCUT2D eigenvalue weighted by Gasteiger charge is 2.53. The molecule has 0 bridgehead atoms. The first-order chi connectivity index (χ1) is 22.7. The largest absolute Gasteiger partial charge is 0.399 e. The number of benzene rings is 3. The molecule has 0 saturated carbocycles. The zero-order valence-corrected chi connectivity index (χ0v) is 32.1. The second-order valence-corrected chi connectivity index (χ2v) is 17.8. The number of halogens is 3. The van der Waals surface area contributed by atoms with Crippen LogP contribution in [0, 0.1) is 0 Å². The van der Waals surface area contributed by atoms with Crippen molar-refractivity contribution in [3.63, 3.8) is 0 Å². The molecular formula is C39H43BrF2NO4PS. The van der Waals surface area contributed by atoms with E-state index in [0.29, 0.717) is 21.2 Å². The van der Waals surface area contributed by atoms with Gasteiger partial charge in [0.2, 0.25) is 0 Å². The molecule has 1 heterocycles. The van der Waals surface area contributed by atoms with Crippen LogP contribution in [0.3, 0.4) is 0 Å². The summed E-state index contributed by atoms with van der Waals surface area (Å²) in [7, 11) is -5.89. The fourth-order valence-electron chi connectivity index (χ4n) is 6.44. The Hall–Kier alpha value is -2.94. The molecule has 1 aromatic heterocycles. The minimum absolute atomic E-state index is 0.119. The van der Waals surface area contributed by atoms with Crippen molar-refractivity contribution < 1.29 is 27.9 Å². The fourth-order valence-corrected chi connectivity index (χ4v) is 7.71. The Balaban J connectivity index is 2.10. The van der Waals surface area contributed by atoms with Crippen LogP contribution < -0.4 is 0 Å². The molecule has 5 nitrogen and oxygen atoms in total. The Morgan fingerprint density at radius 1 is 0.898 bits per heavy atom. The van der Waals surface area contributed by atoms with E-state index in [1.807, 2.05) is 93.8 Å². The third kappa shape index (κ3) is 8.51. The molecule has 0 aliphatic carbocycles. The molecule has 0 fully saturated rings. The average Bonchev–Trinajstić information content (AvgIpc) is 3.02. The van der Waals surface area contributed by atoms with Crippen molar-refractivity contribution in [2.45, 2.75) is 81.2 Å². The van der Waals surface area contributed by atoms with E-state index in [1.165, 1.54) is 12.3 Å². The van der Waals surface area contributed by atoms with E-state index in [1.54, 1.807) is 44.8 Å². The maximum atomic E-state index is 15.7. The number of hydrogen-bond donors (Lipinski definition) is 2. The second-order valence-electron chi connectivity index (χ2n) is 14.3. The predicted octanol–water partition coefficient (Wildman–Crippen LogP) is 10.9. The summed E-state index contributed by atoms with van der Waals surface area (Å²) in [6, 6.07) is 22.0. The molecule has 0 saturated heterocycles. The van der Waals surface area contributed by atoms with Crippen molar-refractivity contribution in [1.82, 2.24) is 4.98 Å². The summed E-state index contributed by atoms with van der Waals surface area (Å²) in [5.74, 6) is -0.197. The number of hydrogen-bond acceptors (Lipinski definition) is 4. The summed E-state index contributed by atoms with van der Waals surface area (Å²) in [5.41, 5.74) is -4.64. The summed E-state index contributed by atoms with van der Waals surface area (Å²) < 4.78 is 44.3. The number of Topliss-reactive ketones (excluding diaryl/α,β-unsaturated/α-hetero) is 1. The molecule has 49 heavy (non-hydrogen) atoms. The first kappa shape index (κ1) is 38.9. The molecule has 0 amide bonds. The van der Waals surface area contributed by atoms with Crippen molar-refractivity contribution in [3.05, 3.63) is 135 Å². The minimum atomic E-state index is -5.89. The topological polar surface area (TPSA) is 87.5 Å². The van der Waals surface area contributed by atoms with Crippen LogP contribution in [0.5, 0.6) is 0 Å². The Morgan fingerprint density at radius 3 is 2.04 bits per heavy atom. The van der Waals surface area contributed by atoms with Crippen molar-refractivity contribution in [3.8, 4) is 0 Å². The molecule has 0 aliphatic rings. The first-order valence-electron chi connectivity index (χ1n) is 15.8. The van der Waals surface area contributed by atoms with Gasteiger partial charge >= 0.3 is 13.3 Å². The zero-order chi connectivity index (χ0) is 36.4. The third-order valence-corrected chi connectivity index (χ3v) is 10.7. The van der Waals surface area contributed by atoms with Gasteiger partial charge in [-0.1, -0.05) is 108 Å². The molecule has 1 atom stereocenters. The molecule has 3 aromatic carbocycles. The van der Waals surface area contributed by atoms with Crippen LogP contribution in [0.25, 0.3) is 6.08 Å². The summed E-state index contributed by atoms with van der Waals surface area (Å²) in [4.78, 5) is 40.1. The number of carbonyl (C=O) groups excluding carboxylic acids is 1. The van der Waals surface area contributed by atoms with Crippen LogP contribution in [-0.4, -0.2) is 26.8 Å². The van der Waals surface area contributed by atoms with E-state index in [-0.39, 0.29) is 24.2 Å². The van der Waals surface area contributed by atoms with E-state index in [4.69, 9.17) is 0 Å². The monoisotopic (exact) mass is 769 g/mol. The number of thioether (sulfide) groups is 1. The predicted molar refractivity (Wildman–Crippen MR) is 200 cm³/mol. The maximum Gasteiger partial charge on any atom is 0.399 e. The van der Waals surface area contributed by atoms with E-state index in [2.05, 4.69) is 20.9 Å². The molecule has 260 valence electrons. The summed E-state index contributed by atoms with van der Waals surface area (Å²) in [5, 5.41) is 0. The van der Waals surface area contributed by atoms with E-state index in [9.17, 15) is 14.4 Å². The van der Waals surface area contributed by atoms with Gasteiger partial charge in [0, 0.05) is 32.9 Å². The normalized spacial score (nSPS) is 14.2. The van der Waals surface area contributed by atoms with Crippen LogP contribution in [-0.2, 0) is 32.9 Å². The van der Waals surface area contributed by atoms with Crippen LogP contribution in [0.4, 0.5) is 8.78 Å². The zero-order valence-electron chi connectivity index (χ0n) is 28.8. The maximum absolute atomic E-state index is 15.7. The highest BCUT2D eigenvalue weighted by molar-refractivity contribution is 9.10. The fraction of sp³-hybridized carbons (Fsp3) is 0.333. The Kier molecular flexibility index (Phi) is 11.7. The SMILES string of the molecule is CSc1ccc(C(C/C=C/c2ccccc2)(Cc2ccc(C(F)(F)P(=O)(O)O)c(C(C)(C)C)c2C(C)(C)C)C(=O)c2cncc(Br)c2)cc1. The number of carbonyl (C=O) groups is 1. The highest BCUT2D eigenvalue weighted by atomic mass is 79.9. The van der Waals surface area contributed by atoms with Crippen molar-refractivity contribution >= 4 is 47.1 Å². The quantitative estimate of drug-likeness (QED) is 0.0897. The first-order valence-corrected chi connectivity index (χ1v) is 19.5. The van der Waals surface area contributed by atoms with Gasteiger partial charge < -0.3 is 9.79 Å². The smallest absolute Gasteiger partial charge is 0.320 e. The van der Waals surface area contributed by atoms with Crippen molar-refractivity contribution in [2.24, 2.45) is 0 Å². The molecule has 0 aliphatic heterocycles. The second kappa shape index (κ2) is 14.7. The number of nitrogens with zero attached hydrogens (tertiary/aromatic N) is 1. The Morgan fingerprint density at radius 2 is 1.51 bits per heavy atom. The van der Waals surface area contributed by atoms with Gasteiger partial charge in [0.05, 0.1) is 5.41 Å². The van der Waals surface area contributed by atoms with Crippen LogP contribution in [0.1, 0.15) is 91.7 Å². The molecule has 0 radical (unpaired) electrons. The number of pyridine rings is 1. The number of alkyl halides is 2. The van der Waals surface area contributed by atoms with Crippen molar-refractivity contribution in [1.29, 1.82) is 0 Å². The summed E-state index contributed by atoms with van der Waals surface area (Å²) >= 11 is 5.05. The van der Waals surface area contributed by atoms with Gasteiger partial charge in [0.1, 0.15) is 0 Å². The van der Waals surface area contributed by atoms with Gasteiger partial charge in [0.15, 0.2) is 5.78 Å². The lowest BCUT2D eigenvalue weighted by Gasteiger charge is -2.39. The lowest BCUT2D eigenvalue weighted by atomic mass is 9.64. The van der Waals surface area contributed by atoms with E-state index >= 15 is 13.6 Å². The number of ketones is 1. The average molecular weight is 771 g/mol. The molecule has 4 aromatic rings. The summed E-state index contributed by atoms with van der Waals surface area (Å²) in [6.45, 7) is 11.0. The van der Waals surface area contributed by atoms with Crippen LogP contribution in [0.15, 0.2) is 101 Å². The van der Waals surface area contributed by atoms with Gasteiger partial charge in [-0.15, -0.1) is 11.8 Å². The molecule has 0 spiro atoms. The van der Waals surface area contributed by atoms with E-state index < -0.39 is 35.1 Å². The Bertz CT molecular complexity index is 1880. The molecular weight excluding hydrogens is 727 g/mol. The minimum Gasteiger partial charge on any atom is -0.320 e. The van der Waals surface area contributed by atoms with Gasteiger partial charge in [-0.25, -0.2) is 0 Å². The highest BCUT2D eigenvalue weighted by Crippen LogP contribution is 2.61. The lowest BCUT2D eigenvalue weighted by molar-refractivity contribution is 0.0544. The van der Waals surface area contributed by atoms with E-state index in [0.717, 1.165) is 22.1 Å².